The summed E-state index contributed by atoms with van der Waals surface area (Å²) in [5.74, 6) is 0.293. The Bertz CT molecular complexity index is 553. The van der Waals surface area contributed by atoms with Crippen LogP contribution >= 0.6 is 0 Å². The average Bonchev–Trinajstić information content (AvgIpc) is 2.70. The predicted molar refractivity (Wildman–Crippen MR) is 121 cm³/mol. The zero-order chi connectivity index (χ0) is 22.3. The van der Waals surface area contributed by atoms with Gasteiger partial charge in [0.05, 0.1) is 18.4 Å². The van der Waals surface area contributed by atoms with Crippen LogP contribution in [0.4, 0.5) is 0 Å². The van der Waals surface area contributed by atoms with Crippen molar-refractivity contribution in [2.45, 2.75) is 105 Å². The number of aliphatic carboxylic acids is 1. The molecule has 0 radical (unpaired) electrons. The molecule has 0 saturated heterocycles. The molecular formula is C26H46O4. The van der Waals surface area contributed by atoms with Crippen molar-refractivity contribution < 1.29 is 19.4 Å². The summed E-state index contributed by atoms with van der Waals surface area (Å²) in [5, 5.41) is 9.49. The van der Waals surface area contributed by atoms with Crippen molar-refractivity contribution in [1.82, 2.24) is 0 Å². The fraction of sp³-hybridized carbons (Fsp3) is 0.923. The predicted octanol–water partition coefficient (Wildman–Crippen LogP) is 6.72. The van der Waals surface area contributed by atoms with Gasteiger partial charge in [-0.3, -0.25) is 9.59 Å². The number of carbonyl (C=O) groups excluding carboxylic acids is 1. The Morgan fingerprint density at radius 3 is 2.27 bits per heavy atom. The normalized spacial score (nSPS) is 31.5. The number of carboxylic acid groups (broad SMARTS) is 1. The maximum absolute atomic E-state index is 12.8. The quantitative estimate of drug-likeness (QED) is 0.314. The number of hydrogen-bond acceptors (Lipinski definition) is 3. The lowest BCUT2D eigenvalue weighted by atomic mass is 9.55. The molecule has 2 rings (SSSR count). The molecule has 0 aromatic heterocycles. The number of carbonyl (C=O) groups is 2. The summed E-state index contributed by atoms with van der Waals surface area (Å²) < 4.78 is 5.82. The lowest BCUT2D eigenvalue weighted by molar-refractivity contribution is -0.163. The number of unbranched alkanes of at least 4 members (excludes halogenated alkanes) is 3. The van der Waals surface area contributed by atoms with E-state index in [1.807, 2.05) is 0 Å². The van der Waals surface area contributed by atoms with Gasteiger partial charge in [0.15, 0.2) is 0 Å². The lowest BCUT2D eigenvalue weighted by Gasteiger charge is -2.51. The van der Waals surface area contributed by atoms with Crippen LogP contribution in [-0.2, 0) is 14.3 Å². The Labute approximate surface area is 184 Å². The van der Waals surface area contributed by atoms with Gasteiger partial charge >= 0.3 is 11.9 Å². The van der Waals surface area contributed by atoms with Crippen LogP contribution in [0.15, 0.2) is 0 Å². The van der Waals surface area contributed by atoms with Gasteiger partial charge in [0.25, 0.3) is 0 Å². The number of rotatable bonds is 10. The third kappa shape index (κ3) is 6.23. The first-order chi connectivity index (χ1) is 14.2. The Hall–Kier alpha value is -1.06. The summed E-state index contributed by atoms with van der Waals surface area (Å²) in [6, 6.07) is 0. The van der Waals surface area contributed by atoms with Crippen molar-refractivity contribution in [3.63, 3.8) is 0 Å². The second kappa shape index (κ2) is 11.5. The van der Waals surface area contributed by atoms with Crippen molar-refractivity contribution in [2.24, 2.45) is 40.9 Å². The molecule has 5 unspecified atom stereocenters. The van der Waals surface area contributed by atoms with Gasteiger partial charge < -0.3 is 9.84 Å². The third-order valence-corrected chi connectivity index (χ3v) is 8.41. The Balaban J connectivity index is 2.00. The fourth-order valence-electron chi connectivity index (χ4n) is 6.29. The molecular weight excluding hydrogens is 376 g/mol. The SMILES string of the molecule is CCCCCCC1C(C(C)C)CCC(COC(=O)C2CCCCC2C(=O)O)C1(C)C. The highest BCUT2D eigenvalue weighted by Crippen LogP contribution is 2.52. The molecule has 0 spiro atoms. The first-order valence-corrected chi connectivity index (χ1v) is 12.6. The Kier molecular flexibility index (Phi) is 9.68. The first kappa shape index (κ1) is 25.2. The summed E-state index contributed by atoms with van der Waals surface area (Å²) in [6.45, 7) is 12.2. The minimum atomic E-state index is -0.846. The Morgan fingerprint density at radius 2 is 1.67 bits per heavy atom. The summed E-state index contributed by atoms with van der Waals surface area (Å²) in [5.41, 5.74) is 0.137. The first-order valence-electron chi connectivity index (χ1n) is 12.6. The summed E-state index contributed by atoms with van der Waals surface area (Å²) >= 11 is 0. The van der Waals surface area contributed by atoms with Gasteiger partial charge in [0.2, 0.25) is 0 Å². The second-order valence-corrected chi connectivity index (χ2v) is 10.9. The van der Waals surface area contributed by atoms with Gasteiger partial charge in [-0.1, -0.05) is 73.1 Å². The van der Waals surface area contributed by atoms with E-state index in [0.717, 1.165) is 25.2 Å². The average molecular weight is 423 g/mol. The van der Waals surface area contributed by atoms with Crippen LogP contribution in [0.5, 0.6) is 0 Å². The van der Waals surface area contributed by atoms with Gasteiger partial charge in [-0.15, -0.1) is 0 Å². The highest BCUT2D eigenvalue weighted by Gasteiger charge is 2.46. The van der Waals surface area contributed by atoms with Crippen molar-refractivity contribution >= 4 is 11.9 Å². The Morgan fingerprint density at radius 1 is 1.00 bits per heavy atom. The number of esters is 1. The van der Waals surface area contributed by atoms with Gasteiger partial charge in [-0.25, -0.2) is 0 Å². The van der Waals surface area contributed by atoms with E-state index in [2.05, 4.69) is 34.6 Å². The maximum Gasteiger partial charge on any atom is 0.309 e. The van der Waals surface area contributed by atoms with E-state index >= 15 is 0 Å². The second-order valence-electron chi connectivity index (χ2n) is 10.9. The molecule has 2 saturated carbocycles. The molecule has 174 valence electrons. The molecule has 4 heteroatoms. The highest BCUT2D eigenvalue weighted by molar-refractivity contribution is 5.81. The fourth-order valence-corrected chi connectivity index (χ4v) is 6.29. The molecule has 0 aromatic rings. The van der Waals surface area contributed by atoms with Gasteiger partial charge in [-0.05, 0) is 61.2 Å². The van der Waals surface area contributed by atoms with E-state index in [4.69, 9.17) is 4.74 Å². The summed E-state index contributed by atoms with van der Waals surface area (Å²) in [6.07, 6.45) is 11.8. The molecule has 0 aromatic carbocycles. The van der Waals surface area contributed by atoms with Crippen molar-refractivity contribution in [3.05, 3.63) is 0 Å². The monoisotopic (exact) mass is 422 g/mol. The van der Waals surface area contributed by atoms with Gasteiger partial charge in [0, 0.05) is 0 Å². The lowest BCUT2D eigenvalue weighted by Crippen LogP contribution is -2.45. The molecule has 0 bridgehead atoms. The minimum absolute atomic E-state index is 0.137. The van der Waals surface area contributed by atoms with E-state index in [1.54, 1.807) is 0 Å². The third-order valence-electron chi connectivity index (χ3n) is 8.41. The molecule has 0 heterocycles. The largest absolute Gasteiger partial charge is 0.481 e. The summed E-state index contributed by atoms with van der Waals surface area (Å²) in [7, 11) is 0. The van der Waals surface area contributed by atoms with Gasteiger partial charge in [0.1, 0.15) is 0 Å². The molecule has 30 heavy (non-hydrogen) atoms. The van der Waals surface area contributed by atoms with E-state index in [-0.39, 0.29) is 11.4 Å². The van der Waals surface area contributed by atoms with Crippen molar-refractivity contribution in [1.29, 1.82) is 0 Å². The molecule has 5 atom stereocenters. The smallest absolute Gasteiger partial charge is 0.309 e. The van der Waals surface area contributed by atoms with E-state index in [1.165, 1.54) is 38.5 Å². The molecule has 0 aliphatic heterocycles. The zero-order valence-electron chi connectivity index (χ0n) is 20.1. The minimum Gasteiger partial charge on any atom is -0.481 e. The standard InChI is InChI=1S/C26H46O4/c1-6-7-8-9-14-23-20(18(2)3)16-15-19(26(23,4)5)17-30-25(29)22-13-11-10-12-21(22)24(27)28/h18-23H,6-17H2,1-5H3,(H,27,28). The van der Waals surface area contributed by atoms with E-state index in [0.29, 0.717) is 37.2 Å². The van der Waals surface area contributed by atoms with Crippen molar-refractivity contribution in [3.8, 4) is 0 Å². The maximum atomic E-state index is 12.8. The zero-order valence-corrected chi connectivity index (χ0v) is 20.1. The van der Waals surface area contributed by atoms with Crippen LogP contribution < -0.4 is 0 Å². The van der Waals surface area contributed by atoms with E-state index < -0.39 is 17.8 Å². The molecule has 0 amide bonds. The molecule has 1 N–H and O–H groups in total. The molecule has 4 nitrogen and oxygen atoms in total. The highest BCUT2D eigenvalue weighted by atomic mass is 16.5. The van der Waals surface area contributed by atoms with Crippen LogP contribution in [0, 0.1) is 40.9 Å². The van der Waals surface area contributed by atoms with Crippen LogP contribution in [-0.4, -0.2) is 23.7 Å². The summed E-state index contributed by atoms with van der Waals surface area (Å²) in [4.78, 5) is 24.3. The number of carboxylic acids is 1. The van der Waals surface area contributed by atoms with E-state index in [9.17, 15) is 14.7 Å². The number of ether oxygens (including phenoxy) is 1. The number of hydrogen-bond donors (Lipinski definition) is 1. The van der Waals surface area contributed by atoms with Crippen molar-refractivity contribution in [2.75, 3.05) is 6.61 Å². The van der Waals surface area contributed by atoms with Gasteiger partial charge in [-0.2, -0.15) is 0 Å². The van der Waals surface area contributed by atoms with Crippen LogP contribution in [0.2, 0.25) is 0 Å². The topological polar surface area (TPSA) is 63.6 Å². The van der Waals surface area contributed by atoms with Crippen LogP contribution in [0.25, 0.3) is 0 Å². The molecule has 2 fully saturated rings. The molecule has 2 aliphatic rings. The van der Waals surface area contributed by atoms with Crippen LogP contribution in [0.1, 0.15) is 105 Å². The molecule has 2 aliphatic carbocycles. The van der Waals surface area contributed by atoms with Crippen LogP contribution in [0.3, 0.4) is 0 Å².